The SMILES string of the molecule is N#Cc1ccc(CCC(=O)OCC(=O)N2CCN(C(=O)Nc3ccccc3)CC2)cc1. The number of benzene rings is 2. The lowest BCUT2D eigenvalue weighted by molar-refractivity contribution is -0.152. The van der Waals surface area contributed by atoms with Crippen LogP contribution in [0.3, 0.4) is 0 Å². The number of nitrogens with one attached hydrogen (secondary N) is 1. The van der Waals surface area contributed by atoms with E-state index in [2.05, 4.69) is 5.32 Å². The van der Waals surface area contributed by atoms with Crippen LogP contribution in [0.2, 0.25) is 0 Å². The highest BCUT2D eigenvalue weighted by Crippen LogP contribution is 2.10. The molecular formula is C23H24N4O4. The molecule has 1 heterocycles. The first-order valence-electron chi connectivity index (χ1n) is 10.1. The fraction of sp³-hybridized carbons (Fsp3) is 0.304. The molecule has 2 aromatic rings. The van der Waals surface area contributed by atoms with Gasteiger partial charge in [-0.1, -0.05) is 30.3 Å². The van der Waals surface area contributed by atoms with Crippen LogP contribution in [-0.4, -0.2) is 60.5 Å². The van der Waals surface area contributed by atoms with Gasteiger partial charge in [0.15, 0.2) is 6.61 Å². The number of rotatable bonds is 6. The maximum Gasteiger partial charge on any atom is 0.321 e. The van der Waals surface area contributed by atoms with Gasteiger partial charge in [0.2, 0.25) is 0 Å². The summed E-state index contributed by atoms with van der Waals surface area (Å²) in [7, 11) is 0. The number of amides is 3. The van der Waals surface area contributed by atoms with E-state index >= 15 is 0 Å². The van der Waals surface area contributed by atoms with Gasteiger partial charge in [0.1, 0.15) is 0 Å². The molecule has 0 unspecified atom stereocenters. The lowest BCUT2D eigenvalue weighted by atomic mass is 10.1. The van der Waals surface area contributed by atoms with Crippen molar-refractivity contribution in [2.75, 3.05) is 38.1 Å². The Morgan fingerprint density at radius 2 is 1.58 bits per heavy atom. The standard InChI is InChI=1S/C23H24N4O4/c24-16-19-8-6-18(7-9-19)10-11-22(29)31-17-21(28)26-12-14-27(15-13-26)23(30)25-20-4-2-1-3-5-20/h1-9H,10-15,17H2,(H,25,30). The molecule has 160 valence electrons. The van der Waals surface area contributed by atoms with E-state index in [1.165, 1.54) is 0 Å². The molecule has 0 spiro atoms. The second kappa shape index (κ2) is 10.8. The number of nitrogens with zero attached hydrogens (tertiary/aromatic N) is 3. The van der Waals surface area contributed by atoms with E-state index in [4.69, 9.17) is 10.00 Å². The molecule has 8 heteroatoms. The minimum Gasteiger partial charge on any atom is -0.456 e. The average Bonchev–Trinajstić information content (AvgIpc) is 2.82. The zero-order valence-electron chi connectivity index (χ0n) is 17.1. The number of piperazine rings is 1. The number of aryl methyl sites for hydroxylation is 1. The Morgan fingerprint density at radius 3 is 2.23 bits per heavy atom. The van der Waals surface area contributed by atoms with Gasteiger partial charge < -0.3 is 19.9 Å². The minimum atomic E-state index is -0.446. The zero-order chi connectivity index (χ0) is 22.1. The topological polar surface area (TPSA) is 103 Å². The molecule has 0 radical (unpaired) electrons. The van der Waals surface area contributed by atoms with Crippen LogP contribution in [0.15, 0.2) is 54.6 Å². The van der Waals surface area contributed by atoms with E-state index in [0.717, 1.165) is 11.3 Å². The number of ether oxygens (including phenoxy) is 1. The van der Waals surface area contributed by atoms with Crippen molar-refractivity contribution in [3.8, 4) is 6.07 Å². The summed E-state index contributed by atoms with van der Waals surface area (Å²) >= 11 is 0. The van der Waals surface area contributed by atoms with Crippen molar-refractivity contribution in [2.45, 2.75) is 12.8 Å². The largest absolute Gasteiger partial charge is 0.456 e. The normalized spacial score (nSPS) is 13.3. The monoisotopic (exact) mass is 420 g/mol. The molecule has 3 rings (SSSR count). The molecule has 1 N–H and O–H groups in total. The van der Waals surface area contributed by atoms with E-state index in [-0.39, 0.29) is 25.0 Å². The van der Waals surface area contributed by atoms with Gasteiger partial charge in [0, 0.05) is 38.3 Å². The van der Waals surface area contributed by atoms with Gasteiger partial charge in [-0.15, -0.1) is 0 Å². The van der Waals surface area contributed by atoms with Crippen molar-refractivity contribution < 1.29 is 19.1 Å². The lowest BCUT2D eigenvalue weighted by Gasteiger charge is -2.34. The van der Waals surface area contributed by atoms with Crippen molar-refractivity contribution in [1.29, 1.82) is 5.26 Å². The summed E-state index contributed by atoms with van der Waals surface area (Å²) in [4.78, 5) is 39.8. The first kappa shape index (κ1) is 21.8. The van der Waals surface area contributed by atoms with Gasteiger partial charge in [0.05, 0.1) is 11.6 Å². The molecule has 2 aromatic carbocycles. The fourth-order valence-corrected chi connectivity index (χ4v) is 3.18. The summed E-state index contributed by atoms with van der Waals surface area (Å²) in [5, 5.41) is 11.6. The Balaban J connectivity index is 1.35. The van der Waals surface area contributed by atoms with Crippen LogP contribution in [-0.2, 0) is 20.7 Å². The van der Waals surface area contributed by atoms with Crippen LogP contribution in [0.1, 0.15) is 17.5 Å². The van der Waals surface area contributed by atoms with E-state index in [0.29, 0.717) is 38.2 Å². The average molecular weight is 420 g/mol. The number of hydrogen-bond acceptors (Lipinski definition) is 5. The number of carbonyl (C=O) groups is 3. The van der Waals surface area contributed by atoms with Gasteiger partial charge in [-0.3, -0.25) is 9.59 Å². The summed E-state index contributed by atoms with van der Waals surface area (Å²) in [6.07, 6.45) is 0.639. The predicted molar refractivity (Wildman–Crippen MR) is 114 cm³/mol. The smallest absolute Gasteiger partial charge is 0.321 e. The lowest BCUT2D eigenvalue weighted by Crippen LogP contribution is -2.52. The quantitative estimate of drug-likeness (QED) is 0.723. The van der Waals surface area contributed by atoms with E-state index in [1.54, 1.807) is 34.1 Å². The zero-order valence-corrected chi connectivity index (χ0v) is 17.1. The van der Waals surface area contributed by atoms with Crippen molar-refractivity contribution in [3.05, 3.63) is 65.7 Å². The summed E-state index contributed by atoms with van der Waals surface area (Å²) in [6.45, 7) is 1.31. The Bertz CT molecular complexity index is 946. The molecule has 1 aliphatic rings. The Labute approximate surface area is 181 Å². The molecule has 8 nitrogen and oxygen atoms in total. The number of hydrogen-bond donors (Lipinski definition) is 1. The van der Waals surface area contributed by atoms with Crippen LogP contribution in [0, 0.1) is 11.3 Å². The molecular weight excluding hydrogens is 396 g/mol. The highest BCUT2D eigenvalue weighted by atomic mass is 16.5. The van der Waals surface area contributed by atoms with E-state index in [9.17, 15) is 14.4 Å². The molecule has 0 aliphatic carbocycles. The van der Waals surface area contributed by atoms with Crippen LogP contribution in [0.5, 0.6) is 0 Å². The minimum absolute atomic E-state index is 0.159. The van der Waals surface area contributed by atoms with E-state index < -0.39 is 5.97 Å². The third kappa shape index (κ3) is 6.57. The predicted octanol–water partition coefficient (Wildman–Crippen LogP) is 2.41. The third-order valence-electron chi connectivity index (χ3n) is 5.00. The van der Waals surface area contributed by atoms with Crippen molar-refractivity contribution in [1.82, 2.24) is 9.80 Å². The maximum atomic E-state index is 12.3. The summed E-state index contributed by atoms with van der Waals surface area (Å²) in [5.74, 6) is -0.714. The van der Waals surface area contributed by atoms with Gasteiger partial charge in [-0.05, 0) is 36.2 Å². The molecule has 3 amide bonds. The molecule has 0 bridgehead atoms. The second-order valence-corrected chi connectivity index (χ2v) is 7.13. The highest BCUT2D eigenvalue weighted by Gasteiger charge is 2.24. The molecule has 1 fully saturated rings. The Kier molecular flexibility index (Phi) is 7.60. The number of para-hydroxylation sites is 1. The van der Waals surface area contributed by atoms with Gasteiger partial charge in [-0.25, -0.2) is 4.79 Å². The number of nitriles is 1. The van der Waals surface area contributed by atoms with Crippen LogP contribution in [0.25, 0.3) is 0 Å². The van der Waals surface area contributed by atoms with Crippen molar-refractivity contribution in [3.63, 3.8) is 0 Å². The van der Waals surface area contributed by atoms with Crippen molar-refractivity contribution in [2.24, 2.45) is 0 Å². The number of carbonyl (C=O) groups excluding carboxylic acids is 3. The van der Waals surface area contributed by atoms with Crippen molar-refractivity contribution >= 4 is 23.6 Å². The molecule has 0 saturated carbocycles. The number of anilines is 1. The highest BCUT2D eigenvalue weighted by molar-refractivity contribution is 5.89. The van der Waals surface area contributed by atoms with Crippen LogP contribution >= 0.6 is 0 Å². The first-order chi connectivity index (χ1) is 15.0. The van der Waals surface area contributed by atoms with Gasteiger partial charge in [-0.2, -0.15) is 5.26 Å². The molecule has 0 aromatic heterocycles. The summed E-state index contributed by atoms with van der Waals surface area (Å²) in [6, 6.07) is 18.0. The maximum absolute atomic E-state index is 12.3. The first-order valence-corrected chi connectivity index (χ1v) is 10.1. The second-order valence-electron chi connectivity index (χ2n) is 7.13. The van der Waals surface area contributed by atoms with E-state index in [1.807, 2.05) is 36.4 Å². The summed E-state index contributed by atoms with van der Waals surface area (Å²) in [5.41, 5.74) is 2.21. The molecule has 31 heavy (non-hydrogen) atoms. The molecule has 1 saturated heterocycles. The number of urea groups is 1. The summed E-state index contributed by atoms with van der Waals surface area (Å²) < 4.78 is 5.10. The fourth-order valence-electron chi connectivity index (χ4n) is 3.18. The molecule has 0 atom stereocenters. The molecule has 1 aliphatic heterocycles. The third-order valence-corrected chi connectivity index (χ3v) is 5.00. The van der Waals surface area contributed by atoms with Crippen LogP contribution < -0.4 is 5.32 Å². The van der Waals surface area contributed by atoms with Gasteiger partial charge in [0.25, 0.3) is 5.91 Å². The Morgan fingerprint density at radius 1 is 0.935 bits per heavy atom. The van der Waals surface area contributed by atoms with Gasteiger partial charge >= 0.3 is 12.0 Å². The van der Waals surface area contributed by atoms with Crippen LogP contribution in [0.4, 0.5) is 10.5 Å². The Hall–Kier alpha value is -3.86. The number of esters is 1.